The SMILES string of the molecule is CC(C)N(C(=O)CN1Cc2ccc(OCCCC(=O)NN3CCCC4CCCCC43)cc2N=C1N)C1CCCCC1. The van der Waals surface area contributed by atoms with Gasteiger partial charge in [0.25, 0.3) is 0 Å². The van der Waals surface area contributed by atoms with Crippen molar-refractivity contribution in [1.29, 1.82) is 0 Å². The van der Waals surface area contributed by atoms with Crippen molar-refractivity contribution in [2.24, 2.45) is 16.6 Å². The first-order valence-corrected chi connectivity index (χ1v) is 16.1. The van der Waals surface area contributed by atoms with E-state index in [1.807, 2.05) is 23.1 Å². The van der Waals surface area contributed by atoms with Gasteiger partial charge in [0.05, 0.1) is 12.3 Å². The third kappa shape index (κ3) is 7.53. The first-order valence-electron chi connectivity index (χ1n) is 16.1. The van der Waals surface area contributed by atoms with Gasteiger partial charge in [0, 0.05) is 43.7 Å². The molecule has 4 aliphatic rings. The molecule has 9 heteroatoms. The van der Waals surface area contributed by atoms with E-state index in [4.69, 9.17) is 10.5 Å². The summed E-state index contributed by atoms with van der Waals surface area (Å²) in [5.41, 5.74) is 11.3. The van der Waals surface area contributed by atoms with Gasteiger partial charge in [0.15, 0.2) is 5.96 Å². The number of rotatable bonds is 10. The maximum absolute atomic E-state index is 13.4. The van der Waals surface area contributed by atoms with Crippen LogP contribution in [0.5, 0.6) is 5.75 Å². The maximum atomic E-state index is 13.4. The number of hydrazine groups is 1. The number of amides is 2. The average molecular weight is 567 g/mol. The number of piperidine rings is 1. The zero-order valence-corrected chi connectivity index (χ0v) is 25.2. The quantitative estimate of drug-likeness (QED) is 0.392. The number of hydrogen-bond donors (Lipinski definition) is 2. The van der Waals surface area contributed by atoms with Crippen LogP contribution < -0.4 is 15.9 Å². The second-order valence-electron chi connectivity index (χ2n) is 12.7. The van der Waals surface area contributed by atoms with E-state index >= 15 is 0 Å². The Morgan fingerprint density at radius 3 is 2.63 bits per heavy atom. The number of carbonyl (C=O) groups is 2. The first-order chi connectivity index (χ1) is 19.9. The molecule has 5 rings (SSSR count). The fourth-order valence-electron chi connectivity index (χ4n) is 7.41. The lowest BCUT2D eigenvalue weighted by atomic mass is 9.79. The van der Waals surface area contributed by atoms with E-state index < -0.39 is 0 Å². The van der Waals surface area contributed by atoms with Crippen molar-refractivity contribution in [2.45, 2.75) is 122 Å². The lowest BCUT2D eigenvalue weighted by molar-refractivity contribution is -0.136. The van der Waals surface area contributed by atoms with Gasteiger partial charge >= 0.3 is 0 Å². The molecule has 2 heterocycles. The predicted molar refractivity (Wildman–Crippen MR) is 162 cm³/mol. The normalized spacial score (nSPS) is 23.4. The molecular formula is C32H50N6O3. The Balaban J connectivity index is 1.08. The monoisotopic (exact) mass is 566 g/mol. The summed E-state index contributed by atoms with van der Waals surface area (Å²) in [5, 5.41) is 2.22. The molecule has 0 bridgehead atoms. The molecule has 1 aromatic carbocycles. The van der Waals surface area contributed by atoms with Crippen LogP contribution in [0.25, 0.3) is 0 Å². The Hall–Kier alpha value is -2.81. The summed E-state index contributed by atoms with van der Waals surface area (Å²) in [6, 6.07) is 6.85. The van der Waals surface area contributed by atoms with Gasteiger partial charge < -0.3 is 20.3 Å². The van der Waals surface area contributed by atoms with Gasteiger partial charge in [-0.2, -0.15) is 0 Å². The number of ether oxygens (including phenoxy) is 1. The fraction of sp³-hybridized carbons (Fsp3) is 0.719. The van der Waals surface area contributed by atoms with Gasteiger partial charge in [0.1, 0.15) is 12.3 Å². The van der Waals surface area contributed by atoms with E-state index in [9.17, 15) is 9.59 Å². The van der Waals surface area contributed by atoms with Crippen LogP contribution in [-0.4, -0.2) is 70.4 Å². The molecule has 0 radical (unpaired) electrons. The second-order valence-corrected chi connectivity index (χ2v) is 12.7. The van der Waals surface area contributed by atoms with Crippen molar-refractivity contribution in [3.05, 3.63) is 23.8 Å². The summed E-state index contributed by atoms with van der Waals surface area (Å²) in [6.45, 7) is 6.41. The number of guanidine groups is 1. The van der Waals surface area contributed by atoms with Gasteiger partial charge in [0.2, 0.25) is 11.8 Å². The largest absolute Gasteiger partial charge is 0.494 e. The average Bonchev–Trinajstić information content (AvgIpc) is 2.96. The third-order valence-corrected chi connectivity index (χ3v) is 9.44. The Morgan fingerprint density at radius 2 is 1.83 bits per heavy atom. The van der Waals surface area contributed by atoms with E-state index in [1.54, 1.807) is 0 Å². The highest BCUT2D eigenvalue weighted by atomic mass is 16.5. The number of benzene rings is 1. The van der Waals surface area contributed by atoms with Gasteiger partial charge in [-0.25, -0.2) is 10.0 Å². The highest BCUT2D eigenvalue weighted by Gasteiger charge is 2.34. The van der Waals surface area contributed by atoms with Crippen LogP contribution in [0.3, 0.4) is 0 Å². The summed E-state index contributed by atoms with van der Waals surface area (Å²) >= 11 is 0. The molecule has 0 spiro atoms. The Morgan fingerprint density at radius 1 is 1.07 bits per heavy atom. The molecule has 3 fully saturated rings. The van der Waals surface area contributed by atoms with Crippen LogP contribution >= 0.6 is 0 Å². The molecule has 2 amide bonds. The lowest BCUT2D eigenvalue weighted by Crippen LogP contribution is -2.55. The van der Waals surface area contributed by atoms with Crippen LogP contribution in [0.2, 0.25) is 0 Å². The van der Waals surface area contributed by atoms with Crippen molar-refractivity contribution in [1.82, 2.24) is 20.2 Å². The van der Waals surface area contributed by atoms with Crippen molar-refractivity contribution >= 4 is 23.5 Å². The van der Waals surface area contributed by atoms with E-state index in [0.717, 1.165) is 42.3 Å². The lowest BCUT2D eigenvalue weighted by Gasteiger charge is -2.43. The van der Waals surface area contributed by atoms with E-state index in [-0.39, 0.29) is 24.4 Å². The van der Waals surface area contributed by atoms with Crippen molar-refractivity contribution in [2.75, 3.05) is 19.7 Å². The van der Waals surface area contributed by atoms with Crippen LogP contribution in [0.1, 0.15) is 103 Å². The molecule has 0 aromatic heterocycles. The third-order valence-electron chi connectivity index (χ3n) is 9.44. The highest BCUT2D eigenvalue weighted by molar-refractivity contribution is 5.89. The van der Waals surface area contributed by atoms with Crippen molar-refractivity contribution < 1.29 is 14.3 Å². The second kappa shape index (κ2) is 13.9. The van der Waals surface area contributed by atoms with E-state index in [2.05, 4.69) is 34.2 Å². The topological polar surface area (TPSA) is 104 Å². The molecule has 1 saturated heterocycles. The van der Waals surface area contributed by atoms with Gasteiger partial charge in [-0.05, 0) is 76.3 Å². The fourth-order valence-corrected chi connectivity index (χ4v) is 7.41. The molecule has 2 saturated carbocycles. The van der Waals surface area contributed by atoms with Gasteiger partial charge in [-0.15, -0.1) is 0 Å². The number of nitrogens with two attached hydrogens (primary N) is 1. The zero-order chi connectivity index (χ0) is 28.8. The predicted octanol–water partition coefficient (Wildman–Crippen LogP) is 4.86. The van der Waals surface area contributed by atoms with E-state index in [1.165, 1.54) is 57.8 Å². The Bertz CT molecular complexity index is 1080. The summed E-state index contributed by atoms with van der Waals surface area (Å²) in [5.74, 6) is 2.03. The zero-order valence-electron chi connectivity index (χ0n) is 25.2. The van der Waals surface area contributed by atoms with Gasteiger partial charge in [-0.1, -0.05) is 38.2 Å². The van der Waals surface area contributed by atoms with Crippen LogP contribution in [0.4, 0.5) is 5.69 Å². The minimum Gasteiger partial charge on any atom is -0.494 e. The molecule has 2 aliphatic heterocycles. The van der Waals surface area contributed by atoms with Crippen LogP contribution in [-0.2, 0) is 16.1 Å². The molecule has 41 heavy (non-hydrogen) atoms. The minimum absolute atomic E-state index is 0.0804. The smallest absolute Gasteiger partial charge is 0.242 e. The number of hydrogen-bond acceptors (Lipinski definition) is 7. The molecule has 2 atom stereocenters. The first kappa shape index (κ1) is 29.7. The number of nitrogens with one attached hydrogen (secondary N) is 1. The number of nitrogens with zero attached hydrogens (tertiary/aromatic N) is 4. The summed E-state index contributed by atoms with van der Waals surface area (Å²) in [4.78, 5) is 34.5. The molecule has 9 nitrogen and oxygen atoms in total. The summed E-state index contributed by atoms with van der Waals surface area (Å²) in [7, 11) is 0. The maximum Gasteiger partial charge on any atom is 0.242 e. The Labute approximate surface area is 245 Å². The number of carbonyl (C=O) groups excluding carboxylic acids is 2. The molecule has 2 aliphatic carbocycles. The highest BCUT2D eigenvalue weighted by Crippen LogP contribution is 2.34. The molecule has 3 N–H and O–H groups in total. The van der Waals surface area contributed by atoms with Crippen LogP contribution in [0, 0.1) is 5.92 Å². The van der Waals surface area contributed by atoms with Gasteiger partial charge in [-0.3, -0.25) is 15.0 Å². The number of fused-ring (bicyclic) bond motifs is 2. The standard InChI is InChI=1S/C32H50N6O3/c1-23(2)38(26-12-4-3-5-13-26)31(40)22-36-21-25-16-17-27(20-28(25)34-32(36)33)41-19-9-15-30(39)35-37-18-8-11-24-10-6-7-14-29(24)37/h16-17,20,23-24,26,29H,3-15,18-19,21-22H2,1-2H3,(H2,33,34)(H,35,39). The van der Waals surface area contributed by atoms with Crippen molar-refractivity contribution in [3.63, 3.8) is 0 Å². The minimum atomic E-state index is 0.0804. The van der Waals surface area contributed by atoms with Crippen LogP contribution in [0.15, 0.2) is 23.2 Å². The summed E-state index contributed by atoms with van der Waals surface area (Å²) in [6.07, 6.45) is 14.5. The number of aliphatic imine (C=N–C) groups is 1. The Kier molecular flexibility index (Phi) is 10.1. The molecule has 2 unspecified atom stereocenters. The summed E-state index contributed by atoms with van der Waals surface area (Å²) < 4.78 is 5.97. The van der Waals surface area contributed by atoms with Crippen molar-refractivity contribution in [3.8, 4) is 5.75 Å². The molecular weight excluding hydrogens is 516 g/mol. The molecule has 1 aromatic rings. The molecule has 226 valence electrons. The van der Waals surface area contributed by atoms with E-state index in [0.29, 0.717) is 44.0 Å².